The molecule has 0 saturated carbocycles. The third kappa shape index (κ3) is 2.47. The Hall–Kier alpha value is -1.55. The van der Waals surface area contributed by atoms with Crippen LogP contribution >= 0.6 is 0 Å². The average Bonchev–Trinajstić information content (AvgIpc) is 2.28. The van der Waals surface area contributed by atoms with Crippen LogP contribution in [0.2, 0.25) is 0 Å². The lowest BCUT2D eigenvalue weighted by molar-refractivity contribution is 0.112. The Labute approximate surface area is 88.4 Å². The van der Waals surface area contributed by atoms with Gasteiger partial charge in [0.2, 0.25) is 0 Å². The zero-order valence-electron chi connectivity index (χ0n) is 8.82. The third-order valence-corrected chi connectivity index (χ3v) is 2.10. The van der Waals surface area contributed by atoms with E-state index in [9.17, 15) is 4.79 Å². The molecule has 1 rings (SSSR count). The maximum atomic E-state index is 10.7. The molecule has 4 nitrogen and oxygen atoms in total. The summed E-state index contributed by atoms with van der Waals surface area (Å²) in [7, 11) is 3.04. The van der Waals surface area contributed by atoms with Gasteiger partial charge in [0, 0.05) is 17.7 Å². The van der Waals surface area contributed by atoms with Gasteiger partial charge in [0.05, 0.1) is 14.2 Å². The third-order valence-electron chi connectivity index (χ3n) is 2.10. The molecular formula is C11H14O4. The lowest BCUT2D eigenvalue weighted by Crippen LogP contribution is -2.00. The number of hydrogen-bond donors (Lipinski definition) is 1. The molecule has 0 radical (unpaired) electrons. The predicted octanol–water partition coefficient (Wildman–Crippen LogP) is 1.05. The molecule has 0 spiro atoms. The van der Waals surface area contributed by atoms with Gasteiger partial charge in [-0.05, 0) is 18.6 Å². The molecule has 0 aliphatic heterocycles. The van der Waals surface area contributed by atoms with Crippen LogP contribution in [0.25, 0.3) is 0 Å². The SMILES string of the molecule is COc1cc(C=O)cc(CCO)c1OC. The molecule has 0 saturated heterocycles. The number of methoxy groups -OCH3 is 2. The minimum absolute atomic E-state index is 0.00181. The van der Waals surface area contributed by atoms with E-state index in [1.807, 2.05) is 0 Å². The summed E-state index contributed by atoms with van der Waals surface area (Å²) in [6, 6.07) is 3.29. The lowest BCUT2D eigenvalue weighted by Gasteiger charge is -2.12. The fraction of sp³-hybridized carbons (Fsp3) is 0.364. The van der Waals surface area contributed by atoms with E-state index < -0.39 is 0 Å². The summed E-state index contributed by atoms with van der Waals surface area (Å²) < 4.78 is 10.3. The maximum Gasteiger partial charge on any atom is 0.164 e. The molecule has 0 aromatic heterocycles. The highest BCUT2D eigenvalue weighted by atomic mass is 16.5. The summed E-state index contributed by atoms with van der Waals surface area (Å²) in [5.41, 5.74) is 1.28. The van der Waals surface area contributed by atoms with Gasteiger partial charge in [0.1, 0.15) is 6.29 Å². The second-order valence-corrected chi connectivity index (χ2v) is 3.01. The molecule has 1 aromatic carbocycles. The van der Waals surface area contributed by atoms with Crippen LogP contribution in [0.15, 0.2) is 12.1 Å². The Morgan fingerprint density at radius 1 is 1.33 bits per heavy atom. The number of carbonyl (C=O) groups excluding carboxylic acids is 1. The number of benzene rings is 1. The standard InChI is InChI=1S/C11H14O4/c1-14-10-6-8(7-13)5-9(3-4-12)11(10)15-2/h5-7,12H,3-4H2,1-2H3. The quantitative estimate of drug-likeness (QED) is 0.738. The summed E-state index contributed by atoms with van der Waals surface area (Å²) in [5, 5.41) is 8.88. The van der Waals surface area contributed by atoms with Crippen LogP contribution in [-0.4, -0.2) is 32.2 Å². The van der Waals surface area contributed by atoms with Gasteiger partial charge in [0.25, 0.3) is 0 Å². The first-order valence-corrected chi connectivity index (χ1v) is 4.57. The van der Waals surface area contributed by atoms with Crippen molar-refractivity contribution in [2.24, 2.45) is 0 Å². The van der Waals surface area contributed by atoms with Gasteiger partial charge in [-0.15, -0.1) is 0 Å². The van der Waals surface area contributed by atoms with Crippen molar-refractivity contribution in [2.75, 3.05) is 20.8 Å². The topological polar surface area (TPSA) is 55.8 Å². The van der Waals surface area contributed by atoms with Gasteiger partial charge >= 0.3 is 0 Å². The molecule has 82 valence electrons. The molecule has 0 fully saturated rings. The number of rotatable bonds is 5. The minimum atomic E-state index is 0.00181. The van der Waals surface area contributed by atoms with E-state index in [1.54, 1.807) is 12.1 Å². The van der Waals surface area contributed by atoms with E-state index in [4.69, 9.17) is 14.6 Å². The number of ether oxygens (including phenoxy) is 2. The van der Waals surface area contributed by atoms with E-state index >= 15 is 0 Å². The number of aliphatic hydroxyl groups excluding tert-OH is 1. The Morgan fingerprint density at radius 3 is 2.53 bits per heavy atom. The smallest absolute Gasteiger partial charge is 0.164 e. The zero-order chi connectivity index (χ0) is 11.3. The van der Waals surface area contributed by atoms with E-state index in [2.05, 4.69) is 0 Å². The van der Waals surface area contributed by atoms with Gasteiger partial charge < -0.3 is 14.6 Å². The van der Waals surface area contributed by atoms with Gasteiger partial charge in [-0.25, -0.2) is 0 Å². The van der Waals surface area contributed by atoms with Crippen LogP contribution in [-0.2, 0) is 6.42 Å². The van der Waals surface area contributed by atoms with Crippen LogP contribution in [0.5, 0.6) is 11.5 Å². The average molecular weight is 210 g/mol. The largest absolute Gasteiger partial charge is 0.493 e. The first-order chi connectivity index (χ1) is 7.26. The van der Waals surface area contributed by atoms with Gasteiger partial charge in [-0.1, -0.05) is 0 Å². The molecule has 0 aliphatic carbocycles. The van der Waals surface area contributed by atoms with Crippen LogP contribution in [0.1, 0.15) is 15.9 Å². The van der Waals surface area contributed by atoms with Crippen molar-refractivity contribution < 1.29 is 19.4 Å². The Balaban J connectivity index is 3.25. The van der Waals surface area contributed by atoms with Gasteiger partial charge in [-0.3, -0.25) is 4.79 Å². The van der Waals surface area contributed by atoms with E-state index in [0.29, 0.717) is 23.5 Å². The number of aldehydes is 1. The molecule has 0 aliphatic rings. The Kier molecular flexibility index (Phi) is 4.12. The van der Waals surface area contributed by atoms with Gasteiger partial charge in [0.15, 0.2) is 11.5 Å². The molecule has 4 heteroatoms. The highest BCUT2D eigenvalue weighted by Gasteiger charge is 2.11. The first kappa shape index (κ1) is 11.5. The normalized spacial score (nSPS) is 9.80. The van der Waals surface area contributed by atoms with E-state index in [1.165, 1.54) is 14.2 Å². The van der Waals surface area contributed by atoms with Crippen molar-refractivity contribution in [3.63, 3.8) is 0 Å². The second kappa shape index (κ2) is 5.36. The van der Waals surface area contributed by atoms with Gasteiger partial charge in [-0.2, -0.15) is 0 Å². The Morgan fingerprint density at radius 2 is 2.07 bits per heavy atom. The number of hydrogen-bond acceptors (Lipinski definition) is 4. The van der Waals surface area contributed by atoms with Crippen LogP contribution in [0.4, 0.5) is 0 Å². The highest BCUT2D eigenvalue weighted by Crippen LogP contribution is 2.32. The molecule has 15 heavy (non-hydrogen) atoms. The first-order valence-electron chi connectivity index (χ1n) is 4.57. The van der Waals surface area contributed by atoms with Crippen molar-refractivity contribution in [3.05, 3.63) is 23.3 Å². The molecule has 0 bridgehead atoms. The second-order valence-electron chi connectivity index (χ2n) is 3.01. The summed E-state index contributed by atoms with van der Waals surface area (Å²) in [5.74, 6) is 1.07. The summed E-state index contributed by atoms with van der Waals surface area (Å²) >= 11 is 0. The molecule has 1 aromatic rings. The fourth-order valence-electron chi connectivity index (χ4n) is 1.44. The molecule has 0 unspecified atom stereocenters. The maximum absolute atomic E-state index is 10.7. The summed E-state index contributed by atoms with van der Waals surface area (Å²) in [6.07, 6.45) is 1.17. The fourth-order valence-corrected chi connectivity index (χ4v) is 1.44. The van der Waals surface area contributed by atoms with E-state index in [0.717, 1.165) is 11.8 Å². The Bertz CT molecular complexity index is 347. The van der Waals surface area contributed by atoms with Crippen molar-refractivity contribution in [2.45, 2.75) is 6.42 Å². The molecule has 0 heterocycles. The molecular weight excluding hydrogens is 196 g/mol. The molecule has 1 N–H and O–H groups in total. The predicted molar refractivity (Wildman–Crippen MR) is 55.7 cm³/mol. The van der Waals surface area contributed by atoms with Crippen molar-refractivity contribution in [3.8, 4) is 11.5 Å². The lowest BCUT2D eigenvalue weighted by atomic mass is 10.1. The van der Waals surface area contributed by atoms with Crippen molar-refractivity contribution in [1.82, 2.24) is 0 Å². The minimum Gasteiger partial charge on any atom is -0.493 e. The van der Waals surface area contributed by atoms with Crippen molar-refractivity contribution >= 4 is 6.29 Å². The van der Waals surface area contributed by atoms with E-state index in [-0.39, 0.29) is 6.61 Å². The van der Waals surface area contributed by atoms with Crippen LogP contribution < -0.4 is 9.47 Å². The summed E-state index contributed by atoms with van der Waals surface area (Å²) in [4.78, 5) is 10.7. The number of aliphatic hydroxyl groups is 1. The number of carbonyl (C=O) groups is 1. The van der Waals surface area contributed by atoms with Crippen molar-refractivity contribution in [1.29, 1.82) is 0 Å². The summed E-state index contributed by atoms with van der Waals surface area (Å²) in [6.45, 7) is 0.00181. The zero-order valence-corrected chi connectivity index (χ0v) is 8.82. The van der Waals surface area contributed by atoms with Crippen LogP contribution in [0.3, 0.4) is 0 Å². The highest BCUT2D eigenvalue weighted by molar-refractivity contribution is 5.77. The molecule has 0 atom stereocenters. The monoisotopic (exact) mass is 210 g/mol. The van der Waals surface area contributed by atoms with Crippen LogP contribution in [0, 0.1) is 0 Å². The molecule has 0 amide bonds.